The maximum atomic E-state index is 11.8. The molecule has 0 saturated carbocycles. The minimum absolute atomic E-state index is 0.104. The van der Waals surface area contributed by atoms with Crippen LogP contribution in [0.5, 0.6) is 0 Å². The number of nitrogens with one attached hydrogen (secondary N) is 1. The molecular formula is C12H16N2O3S. The predicted molar refractivity (Wildman–Crippen MR) is 70.4 cm³/mol. The Hall–Kier alpha value is -1.40. The van der Waals surface area contributed by atoms with Gasteiger partial charge in [-0.3, -0.25) is 10.1 Å². The lowest BCUT2D eigenvalue weighted by molar-refractivity contribution is -0.0481. The molecule has 1 saturated heterocycles. The van der Waals surface area contributed by atoms with Crippen LogP contribution in [0.3, 0.4) is 0 Å². The molecule has 2 atom stereocenters. The van der Waals surface area contributed by atoms with Crippen molar-refractivity contribution in [2.75, 3.05) is 13.1 Å². The van der Waals surface area contributed by atoms with Crippen molar-refractivity contribution in [3.8, 4) is 0 Å². The first kappa shape index (κ1) is 13.0. The first-order valence-electron chi connectivity index (χ1n) is 5.85. The molecule has 1 aromatic heterocycles. The van der Waals surface area contributed by atoms with Crippen LogP contribution >= 0.6 is 12.2 Å². The standard InChI is InChI=1S/C12H16N2O3S/c1-8-6-14(7-9(2)17-8)12(18)13-11(15)10-4-3-5-16-10/h3-5,8-9H,6-7H2,1-2H3,(H,13,15,18)/t8-,9+. The van der Waals surface area contributed by atoms with Crippen molar-refractivity contribution in [2.45, 2.75) is 26.1 Å². The molecule has 1 amide bonds. The number of thiocarbonyl (C=S) groups is 1. The summed E-state index contributed by atoms with van der Waals surface area (Å²) in [6.45, 7) is 5.34. The van der Waals surface area contributed by atoms with Crippen LogP contribution in [-0.2, 0) is 4.74 Å². The van der Waals surface area contributed by atoms with Crippen molar-refractivity contribution >= 4 is 23.2 Å². The predicted octanol–water partition coefficient (Wildman–Crippen LogP) is 1.40. The van der Waals surface area contributed by atoms with Gasteiger partial charge in [0, 0.05) is 13.1 Å². The summed E-state index contributed by atoms with van der Waals surface area (Å²) >= 11 is 5.23. The lowest BCUT2D eigenvalue weighted by Crippen LogP contribution is -2.52. The molecule has 18 heavy (non-hydrogen) atoms. The van der Waals surface area contributed by atoms with E-state index in [2.05, 4.69) is 5.32 Å². The highest BCUT2D eigenvalue weighted by atomic mass is 32.1. The maximum absolute atomic E-state index is 11.8. The van der Waals surface area contributed by atoms with E-state index in [1.807, 2.05) is 18.7 Å². The molecule has 0 unspecified atom stereocenters. The molecule has 6 heteroatoms. The van der Waals surface area contributed by atoms with Gasteiger partial charge in [0.1, 0.15) is 0 Å². The highest BCUT2D eigenvalue weighted by Crippen LogP contribution is 2.11. The summed E-state index contributed by atoms with van der Waals surface area (Å²) in [5.41, 5.74) is 0. The number of amides is 1. The smallest absolute Gasteiger partial charge is 0.293 e. The third-order valence-electron chi connectivity index (χ3n) is 2.67. The number of hydrogen-bond acceptors (Lipinski definition) is 4. The molecular weight excluding hydrogens is 252 g/mol. The first-order valence-corrected chi connectivity index (χ1v) is 6.26. The van der Waals surface area contributed by atoms with Gasteiger partial charge in [0.2, 0.25) is 0 Å². The Kier molecular flexibility index (Phi) is 3.98. The van der Waals surface area contributed by atoms with Crippen molar-refractivity contribution in [2.24, 2.45) is 0 Å². The van der Waals surface area contributed by atoms with Gasteiger partial charge in [-0.15, -0.1) is 0 Å². The molecule has 1 fully saturated rings. The topological polar surface area (TPSA) is 54.7 Å². The largest absolute Gasteiger partial charge is 0.459 e. The van der Waals surface area contributed by atoms with E-state index in [-0.39, 0.29) is 23.9 Å². The number of ether oxygens (including phenoxy) is 1. The molecule has 1 aromatic rings. The number of nitrogens with zero attached hydrogens (tertiary/aromatic N) is 1. The van der Waals surface area contributed by atoms with E-state index in [1.54, 1.807) is 12.1 Å². The summed E-state index contributed by atoms with van der Waals surface area (Å²) in [6.07, 6.45) is 1.66. The molecule has 0 radical (unpaired) electrons. The lowest BCUT2D eigenvalue weighted by atomic mass is 10.2. The summed E-state index contributed by atoms with van der Waals surface area (Å²) < 4.78 is 10.6. The van der Waals surface area contributed by atoms with Crippen LogP contribution in [-0.4, -0.2) is 41.2 Å². The van der Waals surface area contributed by atoms with Crippen LogP contribution in [0.1, 0.15) is 24.4 Å². The third kappa shape index (κ3) is 3.08. The van der Waals surface area contributed by atoms with Gasteiger partial charge < -0.3 is 14.1 Å². The number of carbonyl (C=O) groups excluding carboxylic acids is 1. The summed E-state index contributed by atoms with van der Waals surface area (Å²) in [7, 11) is 0. The highest BCUT2D eigenvalue weighted by Gasteiger charge is 2.25. The zero-order valence-corrected chi connectivity index (χ0v) is 11.2. The van der Waals surface area contributed by atoms with Crippen LogP contribution in [0.4, 0.5) is 0 Å². The normalized spacial score (nSPS) is 23.8. The van der Waals surface area contributed by atoms with Crippen LogP contribution in [0.2, 0.25) is 0 Å². The van der Waals surface area contributed by atoms with E-state index < -0.39 is 0 Å². The second-order valence-corrected chi connectivity index (χ2v) is 4.79. The van der Waals surface area contributed by atoms with Crippen LogP contribution < -0.4 is 5.32 Å². The number of hydrogen-bond donors (Lipinski definition) is 1. The van der Waals surface area contributed by atoms with Crippen LogP contribution in [0.25, 0.3) is 0 Å². The number of rotatable bonds is 1. The molecule has 0 aromatic carbocycles. The Morgan fingerprint density at radius 3 is 2.67 bits per heavy atom. The minimum atomic E-state index is -0.322. The Labute approximate surface area is 111 Å². The van der Waals surface area contributed by atoms with Crippen molar-refractivity contribution in [3.05, 3.63) is 24.2 Å². The fourth-order valence-electron chi connectivity index (χ4n) is 1.99. The van der Waals surface area contributed by atoms with Crippen molar-refractivity contribution in [1.82, 2.24) is 10.2 Å². The van der Waals surface area contributed by atoms with Gasteiger partial charge in [-0.05, 0) is 38.2 Å². The van der Waals surface area contributed by atoms with E-state index in [0.29, 0.717) is 18.2 Å². The van der Waals surface area contributed by atoms with Gasteiger partial charge in [0.15, 0.2) is 10.9 Å². The summed E-state index contributed by atoms with van der Waals surface area (Å²) in [6, 6.07) is 3.26. The van der Waals surface area contributed by atoms with E-state index in [0.717, 1.165) is 0 Å². The van der Waals surface area contributed by atoms with Gasteiger partial charge in [-0.2, -0.15) is 0 Å². The zero-order chi connectivity index (χ0) is 13.1. The monoisotopic (exact) mass is 268 g/mol. The molecule has 1 aliphatic heterocycles. The molecule has 98 valence electrons. The first-order chi connectivity index (χ1) is 8.56. The van der Waals surface area contributed by atoms with Gasteiger partial charge in [0.05, 0.1) is 18.5 Å². The Morgan fingerprint density at radius 1 is 1.44 bits per heavy atom. The maximum Gasteiger partial charge on any atom is 0.293 e. The zero-order valence-electron chi connectivity index (χ0n) is 10.4. The number of furan rings is 1. The van der Waals surface area contributed by atoms with Crippen molar-refractivity contribution in [1.29, 1.82) is 0 Å². The van der Waals surface area contributed by atoms with Gasteiger partial charge in [-0.25, -0.2) is 0 Å². The summed E-state index contributed by atoms with van der Waals surface area (Å²) in [4.78, 5) is 13.7. The van der Waals surface area contributed by atoms with Crippen molar-refractivity contribution < 1.29 is 13.9 Å². The quantitative estimate of drug-likeness (QED) is 0.780. The number of carbonyl (C=O) groups is 1. The second kappa shape index (κ2) is 5.49. The molecule has 0 bridgehead atoms. The molecule has 0 aliphatic carbocycles. The molecule has 2 rings (SSSR count). The third-order valence-corrected chi connectivity index (χ3v) is 3.03. The summed E-state index contributed by atoms with van der Waals surface area (Å²) in [5, 5.41) is 3.08. The fourth-order valence-corrected chi connectivity index (χ4v) is 2.23. The van der Waals surface area contributed by atoms with E-state index in [4.69, 9.17) is 21.4 Å². The minimum Gasteiger partial charge on any atom is -0.459 e. The van der Waals surface area contributed by atoms with E-state index in [1.165, 1.54) is 6.26 Å². The second-order valence-electron chi connectivity index (χ2n) is 4.40. The Morgan fingerprint density at radius 2 is 2.11 bits per heavy atom. The Bertz CT molecular complexity index is 423. The van der Waals surface area contributed by atoms with E-state index in [9.17, 15) is 4.79 Å². The molecule has 0 spiro atoms. The average molecular weight is 268 g/mol. The molecule has 2 heterocycles. The molecule has 1 aliphatic rings. The van der Waals surface area contributed by atoms with Gasteiger partial charge in [-0.1, -0.05) is 0 Å². The van der Waals surface area contributed by atoms with E-state index >= 15 is 0 Å². The molecule has 5 nitrogen and oxygen atoms in total. The van der Waals surface area contributed by atoms with Gasteiger partial charge >= 0.3 is 0 Å². The lowest BCUT2D eigenvalue weighted by Gasteiger charge is -2.36. The number of morpholine rings is 1. The highest BCUT2D eigenvalue weighted by molar-refractivity contribution is 7.80. The summed E-state index contributed by atoms with van der Waals surface area (Å²) in [5.74, 6) is -0.0662. The molecule has 1 N–H and O–H groups in total. The fraction of sp³-hybridized carbons (Fsp3) is 0.500. The van der Waals surface area contributed by atoms with Crippen molar-refractivity contribution in [3.63, 3.8) is 0 Å². The Balaban J connectivity index is 1.93. The average Bonchev–Trinajstić information content (AvgIpc) is 2.80. The van der Waals surface area contributed by atoms with Crippen LogP contribution in [0, 0.1) is 0 Å². The van der Waals surface area contributed by atoms with Crippen LogP contribution in [0.15, 0.2) is 22.8 Å². The van der Waals surface area contributed by atoms with Gasteiger partial charge in [0.25, 0.3) is 5.91 Å². The SMILES string of the molecule is C[C@@H]1CN(C(=S)NC(=O)c2ccco2)C[C@H](C)O1.